The average molecular weight is 381 g/mol. The van der Waals surface area contributed by atoms with E-state index < -0.39 is 12.1 Å². The normalized spacial score (nSPS) is 29.9. The first-order chi connectivity index (χ1) is 11.3. The molecule has 1 saturated heterocycles. The summed E-state index contributed by atoms with van der Waals surface area (Å²) >= 11 is 0. The second-order valence-electron chi connectivity index (χ2n) is 6.93. The number of rotatable bonds is 3. The standard InChI is InChI=1S/C16H23F3N4O.ClH/c1-23-9-10(6-21-23)13-7-20-8-14(13)15(24)22-12-4-2-3-11(5-12)16(17,18)19;/h6,9,11-14,20H,2-5,7-8H2,1H3,(H,22,24);1H/t11?,12?,13-,14+;/m1./s1. The van der Waals surface area contributed by atoms with Gasteiger partial charge in [0.05, 0.1) is 18.0 Å². The van der Waals surface area contributed by atoms with E-state index in [1.807, 2.05) is 13.2 Å². The molecule has 0 bridgehead atoms. The largest absolute Gasteiger partial charge is 0.391 e. The van der Waals surface area contributed by atoms with Crippen molar-refractivity contribution in [3.63, 3.8) is 0 Å². The Balaban J connectivity index is 0.00000225. The van der Waals surface area contributed by atoms with Gasteiger partial charge in [-0.2, -0.15) is 18.3 Å². The van der Waals surface area contributed by atoms with Crippen LogP contribution in [0.4, 0.5) is 13.2 Å². The van der Waals surface area contributed by atoms with Crippen molar-refractivity contribution in [3.05, 3.63) is 18.0 Å². The van der Waals surface area contributed by atoms with Gasteiger partial charge in [-0.25, -0.2) is 0 Å². The number of nitrogens with zero attached hydrogens (tertiary/aromatic N) is 2. The maximum atomic E-state index is 12.9. The predicted octanol–water partition coefficient (Wildman–Crippen LogP) is 2.38. The molecule has 2 fully saturated rings. The molecule has 1 amide bonds. The molecule has 4 atom stereocenters. The molecule has 5 nitrogen and oxygen atoms in total. The Kier molecular flexibility index (Phi) is 6.37. The van der Waals surface area contributed by atoms with Crippen molar-refractivity contribution in [3.8, 4) is 0 Å². The van der Waals surface area contributed by atoms with Crippen LogP contribution in [0, 0.1) is 11.8 Å². The second kappa shape index (κ2) is 7.95. The van der Waals surface area contributed by atoms with Gasteiger partial charge in [0.25, 0.3) is 0 Å². The lowest BCUT2D eigenvalue weighted by atomic mass is 9.84. The number of hydrogen-bond acceptors (Lipinski definition) is 3. The summed E-state index contributed by atoms with van der Waals surface area (Å²) in [5, 5.41) is 10.2. The Morgan fingerprint density at radius 2 is 2.12 bits per heavy atom. The fourth-order valence-corrected chi connectivity index (χ4v) is 3.86. The number of aryl methyl sites for hydroxylation is 1. The summed E-state index contributed by atoms with van der Waals surface area (Å²) in [6, 6.07) is -0.381. The molecular weight excluding hydrogens is 357 g/mol. The van der Waals surface area contributed by atoms with Crippen molar-refractivity contribution in [1.29, 1.82) is 0 Å². The molecule has 2 unspecified atom stereocenters. The van der Waals surface area contributed by atoms with Crippen LogP contribution in [-0.2, 0) is 11.8 Å². The molecule has 0 spiro atoms. The zero-order valence-corrected chi connectivity index (χ0v) is 14.9. The van der Waals surface area contributed by atoms with Gasteiger partial charge in [0.2, 0.25) is 5.91 Å². The minimum absolute atomic E-state index is 0. The third-order valence-electron chi connectivity index (χ3n) is 5.19. The molecule has 25 heavy (non-hydrogen) atoms. The summed E-state index contributed by atoms with van der Waals surface area (Å²) in [7, 11) is 1.82. The van der Waals surface area contributed by atoms with Crippen molar-refractivity contribution in [2.24, 2.45) is 18.9 Å². The first kappa shape index (κ1) is 20.0. The van der Waals surface area contributed by atoms with E-state index in [2.05, 4.69) is 15.7 Å². The first-order valence-electron chi connectivity index (χ1n) is 8.41. The first-order valence-corrected chi connectivity index (χ1v) is 8.41. The smallest absolute Gasteiger partial charge is 0.353 e. The van der Waals surface area contributed by atoms with Crippen LogP contribution in [0.15, 0.2) is 12.4 Å². The van der Waals surface area contributed by atoms with Gasteiger partial charge >= 0.3 is 6.18 Å². The average Bonchev–Trinajstić information content (AvgIpc) is 3.15. The molecule has 3 rings (SSSR count). The fourth-order valence-electron chi connectivity index (χ4n) is 3.86. The molecule has 2 N–H and O–H groups in total. The highest BCUT2D eigenvalue weighted by atomic mass is 35.5. The van der Waals surface area contributed by atoms with E-state index in [0.717, 1.165) is 5.56 Å². The summed E-state index contributed by atoms with van der Waals surface area (Å²) in [6.45, 7) is 1.22. The van der Waals surface area contributed by atoms with E-state index in [1.54, 1.807) is 10.9 Å². The van der Waals surface area contributed by atoms with Crippen LogP contribution in [-0.4, -0.2) is 41.0 Å². The number of aromatic nitrogens is 2. The monoisotopic (exact) mass is 380 g/mol. The number of carbonyl (C=O) groups excluding carboxylic acids is 1. The third-order valence-corrected chi connectivity index (χ3v) is 5.19. The molecule has 1 aliphatic carbocycles. The summed E-state index contributed by atoms with van der Waals surface area (Å²) in [5.74, 6) is -1.70. The summed E-state index contributed by atoms with van der Waals surface area (Å²) < 4.78 is 40.4. The Bertz CT molecular complexity index is 592. The van der Waals surface area contributed by atoms with Crippen LogP contribution < -0.4 is 10.6 Å². The quantitative estimate of drug-likeness (QED) is 0.846. The maximum Gasteiger partial charge on any atom is 0.391 e. The van der Waals surface area contributed by atoms with Crippen LogP contribution in [0.3, 0.4) is 0 Å². The maximum absolute atomic E-state index is 12.9. The van der Waals surface area contributed by atoms with Crippen LogP contribution in [0.25, 0.3) is 0 Å². The van der Waals surface area contributed by atoms with Crippen molar-refractivity contribution in [2.75, 3.05) is 13.1 Å². The molecule has 1 aromatic heterocycles. The number of halogens is 4. The molecule has 1 aliphatic heterocycles. The van der Waals surface area contributed by atoms with Gasteiger partial charge in [0.1, 0.15) is 0 Å². The molecular formula is C16H24ClF3N4O. The summed E-state index contributed by atoms with van der Waals surface area (Å²) in [4.78, 5) is 12.6. The van der Waals surface area contributed by atoms with Crippen molar-refractivity contribution in [2.45, 2.75) is 43.8 Å². The minimum Gasteiger partial charge on any atom is -0.353 e. The number of amides is 1. The Labute approximate surface area is 151 Å². The fraction of sp³-hybridized carbons (Fsp3) is 0.750. The summed E-state index contributed by atoms with van der Waals surface area (Å²) in [5.41, 5.74) is 0.986. The van der Waals surface area contributed by atoms with Crippen LogP contribution in [0.1, 0.15) is 37.2 Å². The molecule has 9 heteroatoms. The highest BCUT2D eigenvalue weighted by Gasteiger charge is 2.43. The number of carbonyl (C=O) groups is 1. The van der Waals surface area contributed by atoms with Gasteiger partial charge < -0.3 is 10.6 Å². The number of hydrogen-bond donors (Lipinski definition) is 2. The topological polar surface area (TPSA) is 59.0 Å². The highest BCUT2D eigenvalue weighted by molar-refractivity contribution is 5.85. The lowest BCUT2D eigenvalue weighted by Gasteiger charge is -2.32. The SMILES string of the molecule is Cl.Cn1cc([C@H]2CNC[C@@H]2C(=O)NC2CCCC(C(F)(F)F)C2)cn1. The van der Waals surface area contributed by atoms with Gasteiger partial charge in [-0.3, -0.25) is 9.48 Å². The minimum atomic E-state index is -4.17. The highest BCUT2D eigenvalue weighted by Crippen LogP contribution is 2.38. The van der Waals surface area contributed by atoms with Crippen LogP contribution in [0.2, 0.25) is 0 Å². The van der Waals surface area contributed by atoms with Crippen LogP contribution in [0.5, 0.6) is 0 Å². The number of alkyl halides is 3. The lowest BCUT2D eigenvalue weighted by Crippen LogP contribution is -2.45. The van der Waals surface area contributed by atoms with Gasteiger partial charge in [0.15, 0.2) is 0 Å². The van der Waals surface area contributed by atoms with Gasteiger partial charge in [-0.1, -0.05) is 6.42 Å². The van der Waals surface area contributed by atoms with E-state index in [1.165, 1.54) is 0 Å². The Morgan fingerprint density at radius 1 is 1.36 bits per heavy atom. The summed E-state index contributed by atoms with van der Waals surface area (Å²) in [6.07, 6.45) is 0.749. The molecule has 142 valence electrons. The molecule has 0 aromatic carbocycles. The number of nitrogens with one attached hydrogen (secondary N) is 2. The van der Waals surface area contributed by atoms with Crippen molar-refractivity contribution >= 4 is 18.3 Å². The zero-order chi connectivity index (χ0) is 17.3. The van der Waals surface area contributed by atoms with E-state index in [-0.39, 0.29) is 49.0 Å². The molecule has 1 aromatic rings. The molecule has 0 radical (unpaired) electrons. The predicted molar refractivity (Wildman–Crippen MR) is 89.5 cm³/mol. The van der Waals surface area contributed by atoms with Gasteiger partial charge in [-0.15, -0.1) is 12.4 Å². The Morgan fingerprint density at radius 3 is 2.76 bits per heavy atom. The Hall–Kier alpha value is -1.28. The molecule has 1 saturated carbocycles. The van der Waals surface area contributed by atoms with E-state index in [0.29, 0.717) is 25.9 Å². The zero-order valence-electron chi connectivity index (χ0n) is 14.1. The van der Waals surface area contributed by atoms with Gasteiger partial charge in [-0.05, 0) is 24.8 Å². The van der Waals surface area contributed by atoms with Crippen LogP contribution >= 0.6 is 12.4 Å². The second-order valence-corrected chi connectivity index (χ2v) is 6.93. The van der Waals surface area contributed by atoms with Gasteiger partial charge in [0, 0.05) is 38.3 Å². The molecule has 2 heterocycles. The lowest BCUT2D eigenvalue weighted by molar-refractivity contribution is -0.184. The molecule has 2 aliphatic rings. The third kappa shape index (κ3) is 4.67. The van der Waals surface area contributed by atoms with Crippen molar-refractivity contribution < 1.29 is 18.0 Å². The van der Waals surface area contributed by atoms with E-state index in [4.69, 9.17) is 0 Å². The van der Waals surface area contributed by atoms with Crippen molar-refractivity contribution in [1.82, 2.24) is 20.4 Å². The van der Waals surface area contributed by atoms with E-state index in [9.17, 15) is 18.0 Å². The van der Waals surface area contributed by atoms with E-state index >= 15 is 0 Å².